The smallest absolute Gasteiger partial charge is 0.529 e. The number of nitrogens with one attached hydrogen (secondary N) is 2. The van der Waals surface area contributed by atoms with Crippen LogP contribution in [0.2, 0.25) is 0 Å². The van der Waals surface area contributed by atoms with E-state index in [0.29, 0.717) is 22.0 Å². The Balaban J connectivity index is 0.000000471. The van der Waals surface area contributed by atoms with Gasteiger partial charge in [0.05, 0.1) is 0 Å². The van der Waals surface area contributed by atoms with E-state index in [-0.39, 0.29) is 19.5 Å². The first-order chi connectivity index (χ1) is 11.6. The molecular formula is C16H16N2O4S2Zn. The Labute approximate surface area is 167 Å². The second-order valence-electron chi connectivity index (χ2n) is 4.42. The number of benzene rings is 2. The maximum Gasteiger partial charge on any atom is 2.00 e. The maximum absolute atomic E-state index is 9.60. The monoisotopic (exact) mass is 428 g/mol. The first-order valence-corrected chi connectivity index (χ1v) is 9.07. The van der Waals surface area contributed by atoms with Crippen molar-refractivity contribution in [2.45, 2.75) is 12.8 Å². The van der Waals surface area contributed by atoms with Crippen molar-refractivity contribution >= 4 is 34.1 Å². The van der Waals surface area contributed by atoms with Gasteiger partial charge in [0.2, 0.25) is 0 Å². The molecule has 6 nitrogen and oxygen atoms in total. The zero-order chi connectivity index (χ0) is 17.6. The Morgan fingerprint density at radius 1 is 0.720 bits per heavy atom. The van der Waals surface area contributed by atoms with Gasteiger partial charge in [0.25, 0.3) is 0 Å². The van der Waals surface area contributed by atoms with Crippen LogP contribution in [0.4, 0.5) is 9.59 Å². The molecule has 9 heteroatoms. The van der Waals surface area contributed by atoms with Crippen LogP contribution in [0.1, 0.15) is 11.1 Å². The van der Waals surface area contributed by atoms with Gasteiger partial charge < -0.3 is 29.2 Å². The minimum Gasteiger partial charge on any atom is -0.529 e. The van der Waals surface area contributed by atoms with Crippen molar-refractivity contribution in [2.75, 3.05) is 0 Å². The quantitative estimate of drug-likeness (QED) is 0.312. The summed E-state index contributed by atoms with van der Waals surface area (Å²) in [6.45, 7) is 0. The van der Waals surface area contributed by atoms with Crippen molar-refractivity contribution in [3.63, 3.8) is 0 Å². The average Bonchev–Trinajstić information content (AvgIpc) is 2.59. The third kappa shape index (κ3) is 13.3. The molecule has 0 spiro atoms. The SMILES string of the molecule is O=C([O-])NSSNC(=O)[O-].[Zn+2].c1ccc(CCc2ccccc2)cc1. The number of hydrogen-bond donors (Lipinski definition) is 2. The molecule has 2 N–H and O–H groups in total. The van der Waals surface area contributed by atoms with Crippen LogP contribution in [0.5, 0.6) is 0 Å². The summed E-state index contributed by atoms with van der Waals surface area (Å²) in [5.74, 6) is 0. The molecule has 2 rings (SSSR count). The van der Waals surface area contributed by atoms with E-state index in [9.17, 15) is 19.8 Å². The molecule has 0 aromatic heterocycles. The van der Waals surface area contributed by atoms with Crippen LogP contribution in [-0.4, -0.2) is 12.2 Å². The molecule has 0 fully saturated rings. The summed E-state index contributed by atoms with van der Waals surface area (Å²) in [6, 6.07) is 21.2. The number of aryl methyl sites for hydroxylation is 2. The number of rotatable bonds is 6. The van der Waals surface area contributed by atoms with E-state index in [2.05, 4.69) is 60.7 Å². The van der Waals surface area contributed by atoms with E-state index in [1.807, 2.05) is 0 Å². The summed E-state index contributed by atoms with van der Waals surface area (Å²) in [4.78, 5) is 19.2. The minimum absolute atomic E-state index is 0. The van der Waals surface area contributed by atoms with Crippen LogP contribution >= 0.6 is 22.0 Å². The van der Waals surface area contributed by atoms with Gasteiger partial charge in [-0.3, -0.25) is 0 Å². The first-order valence-electron chi connectivity index (χ1n) is 6.92. The molecule has 2 amide bonds. The van der Waals surface area contributed by atoms with E-state index in [1.165, 1.54) is 11.1 Å². The zero-order valence-corrected chi connectivity index (χ0v) is 17.9. The Morgan fingerprint density at radius 3 is 1.32 bits per heavy atom. The molecule has 0 heterocycles. The predicted octanol–water partition coefficient (Wildman–Crippen LogP) is 1.53. The number of carbonyl (C=O) groups is 2. The summed E-state index contributed by atoms with van der Waals surface area (Å²) in [6.07, 6.45) is -0.717. The molecule has 0 atom stereocenters. The van der Waals surface area contributed by atoms with Crippen molar-refractivity contribution in [1.82, 2.24) is 9.44 Å². The Bertz CT molecular complexity index is 563. The van der Waals surface area contributed by atoms with Crippen molar-refractivity contribution in [3.05, 3.63) is 71.8 Å². The van der Waals surface area contributed by atoms with Crippen LogP contribution in [0.25, 0.3) is 0 Å². The Hall–Kier alpha value is -1.70. The van der Waals surface area contributed by atoms with Gasteiger partial charge >= 0.3 is 19.5 Å². The fourth-order valence-electron chi connectivity index (χ4n) is 1.69. The van der Waals surface area contributed by atoms with Gasteiger partial charge in [0.15, 0.2) is 0 Å². The summed E-state index contributed by atoms with van der Waals surface area (Å²) < 4.78 is 3.46. The molecule has 0 unspecified atom stereocenters. The van der Waals surface area contributed by atoms with Crippen LogP contribution in [-0.2, 0) is 32.3 Å². The summed E-state index contributed by atoms with van der Waals surface area (Å²) in [7, 11) is 1.12. The number of carbonyl (C=O) groups excluding carboxylic acids is 2. The molecule has 0 saturated carbocycles. The molecule has 0 aliphatic heterocycles. The van der Waals surface area contributed by atoms with Gasteiger partial charge in [-0.25, -0.2) is 0 Å². The van der Waals surface area contributed by atoms with Crippen molar-refractivity contribution < 1.29 is 39.3 Å². The fraction of sp³-hybridized carbons (Fsp3) is 0.125. The Morgan fingerprint density at radius 2 is 1.04 bits per heavy atom. The molecule has 2 aromatic rings. The fourth-order valence-corrected chi connectivity index (χ4v) is 2.57. The second kappa shape index (κ2) is 14.6. The average molecular weight is 430 g/mol. The molecule has 25 heavy (non-hydrogen) atoms. The number of carboxylic acid groups (broad SMARTS) is 2. The normalized spacial score (nSPS) is 8.96. The summed E-state index contributed by atoms with van der Waals surface area (Å²) >= 11 is 0. The first kappa shape index (κ1) is 23.3. The van der Waals surface area contributed by atoms with Crippen LogP contribution in [0.3, 0.4) is 0 Å². The third-order valence-electron chi connectivity index (χ3n) is 2.68. The predicted molar refractivity (Wildman–Crippen MR) is 92.5 cm³/mol. The molecule has 2 aromatic carbocycles. The van der Waals surface area contributed by atoms with Crippen LogP contribution in [0.15, 0.2) is 60.7 Å². The molecule has 0 radical (unpaired) electrons. The van der Waals surface area contributed by atoms with E-state index >= 15 is 0 Å². The van der Waals surface area contributed by atoms with Gasteiger partial charge in [-0.1, -0.05) is 60.7 Å². The van der Waals surface area contributed by atoms with Gasteiger partial charge in [-0.2, -0.15) is 0 Å². The molecule has 0 bridgehead atoms. The van der Waals surface area contributed by atoms with E-state index in [1.54, 1.807) is 9.44 Å². The molecule has 128 valence electrons. The van der Waals surface area contributed by atoms with Gasteiger partial charge in [-0.05, 0) is 24.0 Å². The van der Waals surface area contributed by atoms with E-state index in [0.717, 1.165) is 12.8 Å². The van der Waals surface area contributed by atoms with E-state index < -0.39 is 12.2 Å². The summed E-state index contributed by atoms with van der Waals surface area (Å²) in [5.41, 5.74) is 2.83. The molecule has 0 saturated heterocycles. The minimum atomic E-state index is -1.49. The number of hydrogen-bond acceptors (Lipinski definition) is 6. The second-order valence-corrected chi connectivity index (χ2v) is 6.16. The van der Waals surface area contributed by atoms with Crippen LogP contribution < -0.4 is 19.7 Å². The van der Waals surface area contributed by atoms with Crippen molar-refractivity contribution in [3.8, 4) is 0 Å². The topological polar surface area (TPSA) is 104 Å². The number of amides is 2. The largest absolute Gasteiger partial charge is 2.00 e. The maximum atomic E-state index is 9.60. The van der Waals surface area contributed by atoms with Crippen molar-refractivity contribution in [2.24, 2.45) is 0 Å². The Kier molecular flexibility index (Phi) is 13.6. The van der Waals surface area contributed by atoms with E-state index in [4.69, 9.17) is 0 Å². The molecule has 0 aliphatic carbocycles. The molecular weight excluding hydrogens is 414 g/mol. The van der Waals surface area contributed by atoms with Gasteiger partial charge in [-0.15, -0.1) is 0 Å². The van der Waals surface area contributed by atoms with Crippen molar-refractivity contribution in [1.29, 1.82) is 0 Å². The third-order valence-corrected chi connectivity index (χ3v) is 4.01. The standard InChI is InChI=1S/C14H14.C2H4N2O4S2.Zn/c1-3-7-13(8-4-1)11-12-14-9-5-2-6-10-14;5-1(6)3-9-10-4-2(7)8;/h1-10H,11-12H2;3-4H,(H,5,6)(H,7,8);/q;;+2/p-2. The summed E-state index contributed by atoms with van der Waals surface area (Å²) in [5, 5.41) is 19.2. The van der Waals surface area contributed by atoms with Crippen LogP contribution in [0, 0.1) is 0 Å². The zero-order valence-electron chi connectivity index (χ0n) is 13.3. The van der Waals surface area contributed by atoms with Gasteiger partial charge in [0, 0.05) is 22.0 Å². The van der Waals surface area contributed by atoms with Gasteiger partial charge in [0.1, 0.15) is 12.2 Å². The molecule has 0 aliphatic rings.